The van der Waals surface area contributed by atoms with Crippen LogP contribution in [-0.2, 0) is 19.6 Å². The molecule has 1 aromatic rings. The van der Waals surface area contributed by atoms with Crippen molar-refractivity contribution in [3.63, 3.8) is 0 Å². The quantitative estimate of drug-likeness (QED) is 0.735. The molecule has 118 valence electrons. The highest BCUT2D eigenvalue weighted by Gasteiger charge is 2.33. The molecule has 0 N–H and O–H groups in total. The molecule has 2 rings (SSSR count). The number of halogens is 1. The largest absolute Gasteiger partial charge is 0.466 e. The predicted octanol–water partition coefficient (Wildman–Crippen LogP) is 2.78. The van der Waals surface area contributed by atoms with E-state index in [0.717, 1.165) is 8.66 Å². The molecule has 1 aliphatic rings. The molecule has 0 radical (unpaired) electrons. The molecule has 1 aromatic heterocycles. The van der Waals surface area contributed by atoms with Gasteiger partial charge in [0.2, 0.25) is 10.0 Å². The molecule has 0 aromatic carbocycles. The Bertz CT molecular complexity index is 618. The molecule has 0 spiro atoms. The second kappa shape index (κ2) is 6.76. The molecule has 21 heavy (non-hydrogen) atoms. The van der Waals surface area contributed by atoms with E-state index < -0.39 is 10.0 Å². The zero-order valence-corrected chi connectivity index (χ0v) is 15.2. The summed E-state index contributed by atoms with van der Waals surface area (Å²) in [5.74, 6) is -0.407. The van der Waals surface area contributed by atoms with E-state index >= 15 is 0 Å². The summed E-state index contributed by atoms with van der Waals surface area (Å²) in [7, 11) is -3.47. The number of carbonyl (C=O) groups excluding carboxylic acids is 1. The topological polar surface area (TPSA) is 63.7 Å². The van der Waals surface area contributed by atoms with Gasteiger partial charge in [0.25, 0.3) is 0 Å². The number of sulfonamides is 1. The summed E-state index contributed by atoms with van der Waals surface area (Å²) < 4.78 is 32.5. The lowest BCUT2D eigenvalue weighted by molar-refractivity contribution is -0.149. The average molecular weight is 396 g/mol. The summed E-state index contributed by atoms with van der Waals surface area (Å²) in [5, 5.41) is 0. The van der Waals surface area contributed by atoms with Crippen molar-refractivity contribution in [2.45, 2.75) is 31.6 Å². The Morgan fingerprint density at radius 1 is 1.48 bits per heavy atom. The maximum Gasteiger partial charge on any atom is 0.309 e. The molecule has 1 aliphatic heterocycles. The molecule has 1 fully saturated rings. The Labute approximate surface area is 137 Å². The Morgan fingerprint density at radius 3 is 2.57 bits per heavy atom. The van der Waals surface area contributed by atoms with Crippen molar-refractivity contribution in [2.24, 2.45) is 5.92 Å². The van der Waals surface area contributed by atoms with Gasteiger partial charge in [0.15, 0.2) is 0 Å². The van der Waals surface area contributed by atoms with Gasteiger partial charge in [-0.2, -0.15) is 4.31 Å². The summed E-state index contributed by atoms with van der Waals surface area (Å²) in [6.45, 7) is 4.65. The molecule has 5 nitrogen and oxygen atoms in total. The lowest BCUT2D eigenvalue weighted by Gasteiger charge is -2.30. The highest BCUT2D eigenvalue weighted by atomic mass is 79.9. The minimum absolute atomic E-state index is 0.188. The number of esters is 1. The third-order valence-corrected chi connectivity index (χ3v) is 7.24. The van der Waals surface area contributed by atoms with Crippen LogP contribution in [0.25, 0.3) is 0 Å². The summed E-state index contributed by atoms with van der Waals surface area (Å²) in [4.78, 5) is 12.8. The van der Waals surface area contributed by atoms with E-state index in [1.54, 1.807) is 19.9 Å². The Morgan fingerprint density at radius 2 is 2.10 bits per heavy atom. The van der Waals surface area contributed by atoms with Crippen LogP contribution in [0, 0.1) is 12.8 Å². The first-order valence-electron chi connectivity index (χ1n) is 6.79. The SMILES string of the molecule is CCOC(=O)C1CCN(S(=O)(=O)c2cc(Br)sc2C)CC1. The third-order valence-electron chi connectivity index (χ3n) is 3.53. The van der Waals surface area contributed by atoms with Crippen LogP contribution < -0.4 is 0 Å². The van der Waals surface area contributed by atoms with Gasteiger partial charge in [-0.1, -0.05) is 0 Å². The minimum Gasteiger partial charge on any atom is -0.466 e. The van der Waals surface area contributed by atoms with Crippen molar-refractivity contribution in [1.82, 2.24) is 4.31 Å². The van der Waals surface area contributed by atoms with Gasteiger partial charge in [-0.15, -0.1) is 11.3 Å². The molecular weight excluding hydrogens is 378 g/mol. The van der Waals surface area contributed by atoms with E-state index in [1.807, 2.05) is 0 Å². The number of hydrogen-bond acceptors (Lipinski definition) is 5. The van der Waals surface area contributed by atoms with Gasteiger partial charge in [0.1, 0.15) is 0 Å². The van der Waals surface area contributed by atoms with Crippen LogP contribution in [0.5, 0.6) is 0 Å². The minimum atomic E-state index is -3.47. The Balaban J connectivity index is 2.08. The Hall–Kier alpha value is -0.440. The van der Waals surface area contributed by atoms with Crippen molar-refractivity contribution >= 4 is 43.3 Å². The van der Waals surface area contributed by atoms with E-state index in [-0.39, 0.29) is 11.9 Å². The zero-order valence-electron chi connectivity index (χ0n) is 12.0. The van der Waals surface area contributed by atoms with Gasteiger partial charge < -0.3 is 4.74 Å². The normalized spacial score (nSPS) is 17.9. The van der Waals surface area contributed by atoms with E-state index in [2.05, 4.69) is 15.9 Å². The number of carbonyl (C=O) groups is 1. The fraction of sp³-hybridized carbons (Fsp3) is 0.615. The van der Waals surface area contributed by atoms with Crippen LogP contribution in [0.2, 0.25) is 0 Å². The standard InChI is InChI=1S/C13H18BrNO4S2/c1-3-19-13(16)10-4-6-15(7-5-10)21(17,18)11-8-12(14)20-9(11)2/h8,10H,3-7H2,1-2H3. The van der Waals surface area contributed by atoms with E-state index in [4.69, 9.17) is 4.74 Å². The van der Waals surface area contributed by atoms with Crippen molar-refractivity contribution < 1.29 is 17.9 Å². The molecule has 0 unspecified atom stereocenters. The number of piperidine rings is 1. The number of nitrogens with zero attached hydrogens (tertiary/aromatic N) is 1. The maximum absolute atomic E-state index is 12.6. The molecule has 2 heterocycles. The average Bonchev–Trinajstić information content (AvgIpc) is 2.79. The number of hydrogen-bond donors (Lipinski definition) is 0. The van der Waals surface area contributed by atoms with Crippen molar-refractivity contribution in [3.8, 4) is 0 Å². The monoisotopic (exact) mass is 395 g/mol. The van der Waals surface area contributed by atoms with Gasteiger partial charge in [0.05, 0.1) is 21.2 Å². The lowest BCUT2D eigenvalue weighted by Crippen LogP contribution is -2.40. The highest BCUT2D eigenvalue weighted by molar-refractivity contribution is 9.11. The van der Waals surface area contributed by atoms with Crippen LogP contribution in [0.3, 0.4) is 0 Å². The summed E-state index contributed by atoms with van der Waals surface area (Å²) in [5.41, 5.74) is 0. The Kier molecular flexibility index (Phi) is 5.45. The highest BCUT2D eigenvalue weighted by Crippen LogP contribution is 2.33. The van der Waals surface area contributed by atoms with Crippen LogP contribution in [0.4, 0.5) is 0 Å². The number of thiophene rings is 1. The van der Waals surface area contributed by atoms with Crippen molar-refractivity contribution in [2.75, 3.05) is 19.7 Å². The van der Waals surface area contributed by atoms with Crippen LogP contribution in [0.15, 0.2) is 14.7 Å². The van der Waals surface area contributed by atoms with Gasteiger partial charge in [-0.25, -0.2) is 8.42 Å². The molecular formula is C13H18BrNO4S2. The molecule has 0 atom stereocenters. The van der Waals surface area contributed by atoms with E-state index in [0.29, 0.717) is 37.4 Å². The lowest BCUT2D eigenvalue weighted by atomic mass is 9.98. The molecule has 0 aliphatic carbocycles. The third kappa shape index (κ3) is 3.67. The number of aryl methyl sites for hydroxylation is 1. The smallest absolute Gasteiger partial charge is 0.309 e. The van der Waals surface area contributed by atoms with Crippen LogP contribution in [-0.4, -0.2) is 38.4 Å². The van der Waals surface area contributed by atoms with Crippen molar-refractivity contribution in [1.29, 1.82) is 0 Å². The molecule has 8 heteroatoms. The first kappa shape index (κ1) is 16.9. The summed E-state index contributed by atoms with van der Waals surface area (Å²) >= 11 is 4.73. The number of ether oxygens (including phenoxy) is 1. The predicted molar refractivity (Wildman–Crippen MR) is 84.9 cm³/mol. The van der Waals surface area contributed by atoms with E-state index in [9.17, 15) is 13.2 Å². The molecule has 0 bridgehead atoms. The zero-order chi connectivity index (χ0) is 15.6. The number of rotatable bonds is 4. The van der Waals surface area contributed by atoms with Gasteiger partial charge >= 0.3 is 5.97 Å². The molecule has 0 amide bonds. The fourth-order valence-corrected chi connectivity index (χ4v) is 6.27. The molecule has 1 saturated heterocycles. The fourth-order valence-electron chi connectivity index (χ4n) is 2.42. The van der Waals surface area contributed by atoms with Gasteiger partial charge in [-0.3, -0.25) is 4.79 Å². The van der Waals surface area contributed by atoms with Gasteiger partial charge in [-0.05, 0) is 48.7 Å². The van der Waals surface area contributed by atoms with Crippen molar-refractivity contribution in [3.05, 3.63) is 14.7 Å². The van der Waals surface area contributed by atoms with Crippen LogP contribution >= 0.6 is 27.3 Å². The maximum atomic E-state index is 12.6. The van der Waals surface area contributed by atoms with E-state index in [1.165, 1.54) is 15.6 Å². The second-order valence-electron chi connectivity index (χ2n) is 4.90. The summed E-state index contributed by atoms with van der Waals surface area (Å²) in [6, 6.07) is 1.65. The first-order valence-corrected chi connectivity index (χ1v) is 9.84. The van der Waals surface area contributed by atoms with Crippen LogP contribution in [0.1, 0.15) is 24.6 Å². The molecule has 0 saturated carbocycles. The second-order valence-corrected chi connectivity index (χ2v) is 9.44. The first-order chi connectivity index (χ1) is 9.86. The van der Waals surface area contributed by atoms with Gasteiger partial charge in [0, 0.05) is 18.0 Å². The summed E-state index contributed by atoms with van der Waals surface area (Å²) in [6.07, 6.45) is 1.03.